The average molecular weight is 355 g/mol. The van der Waals surface area contributed by atoms with Gasteiger partial charge in [0.2, 0.25) is 0 Å². The number of hydrogen-bond acceptors (Lipinski definition) is 4. The van der Waals surface area contributed by atoms with Gasteiger partial charge in [0.15, 0.2) is 0 Å². The van der Waals surface area contributed by atoms with Gasteiger partial charge < -0.3 is 14.0 Å². The van der Waals surface area contributed by atoms with Gasteiger partial charge in [0, 0.05) is 29.9 Å². The van der Waals surface area contributed by atoms with Crippen LogP contribution >= 0.6 is 0 Å². The molecule has 0 spiro atoms. The Morgan fingerprint density at radius 2 is 2.12 bits per heavy atom. The van der Waals surface area contributed by atoms with Crippen LogP contribution < -0.4 is 4.74 Å². The Hall–Kier alpha value is -0.820. The largest absolute Gasteiger partial charge is 0.597 e. The molecular formula is C18H26FNO3S. The van der Waals surface area contributed by atoms with Crippen molar-refractivity contribution in [2.24, 2.45) is 0 Å². The third-order valence-electron chi connectivity index (χ3n) is 4.45. The highest BCUT2D eigenvalue weighted by Crippen LogP contribution is 2.41. The topological polar surface area (TPSA) is 44.8 Å². The minimum atomic E-state index is -1.13. The van der Waals surface area contributed by atoms with Crippen molar-refractivity contribution in [3.8, 4) is 5.75 Å². The quantitative estimate of drug-likeness (QED) is 0.774. The van der Waals surface area contributed by atoms with Gasteiger partial charge in [0.25, 0.3) is 0 Å². The van der Waals surface area contributed by atoms with Crippen molar-refractivity contribution in [3.05, 3.63) is 29.6 Å². The van der Waals surface area contributed by atoms with Gasteiger partial charge in [0.05, 0.1) is 19.3 Å². The van der Waals surface area contributed by atoms with Crippen LogP contribution in [0, 0.1) is 5.82 Å². The molecule has 4 nitrogen and oxygen atoms in total. The zero-order valence-corrected chi connectivity index (χ0v) is 15.4. The summed E-state index contributed by atoms with van der Waals surface area (Å²) in [6.07, 6.45) is 2.67. The summed E-state index contributed by atoms with van der Waals surface area (Å²) in [5, 5.41) is 0. The lowest BCUT2D eigenvalue weighted by Gasteiger charge is -2.34. The van der Waals surface area contributed by atoms with Gasteiger partial charge in [-0.2, -0.15) is 0 Å². The molecule has 0 N–H and O–H groups in total. The summed E-state index contributed by atoms with van der Waals surface area (Å²) in [7, 11) is 0. The Labute approximate surface area is 146 Å². The summed E-state index contributed by atoms with van der Waals surface area (Å²) < 4.78 is 39.9. The Kier molecular flexibility index (Phi) is 5.39. The number of ether oxygens (including phenoxy) is 2. The van der Waals surface area contributed by atoms with Crippen molar-refractivity contribution in [1.29, 1.82) is 0 Å². The maximum absolute atomic E-state index is 13.9. The molecule has 2 saturated heterocycles. The van der Waals surface area contributed by atoms with Crippen molar-refractivity contribution >= 4 is 11.4 Å². The molecule has 2 aliphatic rings. The molecule has 1 aromatic rings. The summed E-state index contributed by atoms with van der Waals surface area (Å²) in [6, 6.07) is 4.58. The van der Waals surface area contributed by atoms with Gasteiger partial charge in [0.1, 0.15) is 22.4 Å². The van der Waals surface area contributed by atoms with E-state index in [0.29, 0.717) is 19.0 Å². The Morgan fingerprint density at radius 1 is 1.33 bits per heavy atom. The maximum atomic E-state index is 13.9. The van der Waals surface area contributed by atoms with Crippen LogP contribution in [-0.2, 0) is 16.1 Å². The van der Waals surface area contributed by atoms with Crippen molar-refractivity contribution in [1.82, 2.24) is 4.31 Å². The molecule has 0 amide bonds. The molecule has 24 heavy (non-hydrogen) atoms. The standard InChI is InChI=1S/C18H26FNO3S/c1-18(2,3)24(21)20-9-4-5-16(20)15-11-13(19)6-7-17(15)23-14-8-10-22-12-14/h6-7,11,14,16H,4-5,8-10,12H2,1-3H3/t14?,16?,24-/m0/s1. The van der Waals surface area contributed by atoms with Crippen LogP contribution in [0.1, 0.15) is 51.6 Å². The predicted octanol–water partition coefficient (Wildman–Crippen LogP) is 3.59. The Balaban J connectivity index is 1.87. The lowest BCUT2D eigenvalue weighted by molar-refractivity contribution is 0.139. The fraction of sp³-hybridized carbons (Fsp3) is 0.667. The maximum Gasteiger partial charge on any atom is 0.137 e. The van der Waals surface area contributed by atoms with E-state index in [1.807, 2.05) is 25.1 Å². The van der Waals surface area contributed by atoms with Crippen LogP contribution in [0.5, 0.6) is 5.75 Å². The highest BCUT2D eigenvalue weighted by Gasteiger charge is 2.42. The van der Waals surface area contributed by atoms with Gasteiger partial charge in [-0.25, -0.2) is 4.39 Å². The zero-order valence-electron chi connectivity index (χ0n) is 14.6. The molecular weight excluding hydrogens is 329 g/mol. The summed E-state index contributed by atoms with van der Waals surface area (Å²) in [4.78, 5) is 0. The molecule has 1 aromatic carbocycles. The summed E-state index contributed by atoms with van der Waals surface area (Å²) in [5.74, 6) is 0.406. The second-order valence-electron chi connectivity index (χ2n) is 7.45. The molecule has 2 aliphatic heterocycles. The molecule has 2 unspecified atom stereocenters. The number of hydrogen-bond donors (Lipinski definition) is 0. The van der Waals surface area contributed by atoms with Crippen LogP contribution in [0.15, 0.2) is 18.2 Å². The first-order valence-corrected chi connectivity index (χ1v) is 9.69. The molecule has 0 radical (unpaired) electrons. The average Bonchev–Trinajstić information content (AvgIpc) is 3.18. The Morgan fingerprint density at radius 3 is 2.79 bits per heavy atom. The van der Waals surface area contributed by atoms with Crippen LogP contribution in [0.4, 0.5) is 4.39 Å². The van der Waals surface area contributed by atoms with E-state index in [-0.39, 0.29) is 22.7 Å². The van der Waals surface area contributed by atoms with E-state index >= 15 is 0 Å². The summed E-state index contributed by atoms with van der Waals surface area (Å²) in [5.41, 5.74) is 0.803. The predicted molar refractivity (Wildman–Crippen MR) is 92.8 cm³/mol. The van der Waals surface area contributed by atoms with E-state index in [0.717, 1.165) is 31.4 Å². The van der Waals surface area contributed by atoms with Crippen molar-refractivity contribution in [2.45, 2.75) is 56.9 Å². The number of rotatable bonds is 4. The van der Waals surface area contributed by atoms with Crippen molar-refractivity contribution < 1.29 is 18.4 Å². The van der Waals surface area contributed by atoms with E-state index in [1.165, 1.54) is 12.1 Å². The Bertz CT molecular complexity index is 572. The van der Waals surface area contributed by atoms with E-state index in [4.69, 9.17) is 9.47 Å². The third kappa shape index (κ3) is 3.87. The molecule has 3 atom stereocenters. The fourth-order valence-corrected chi connectivity index (χ4v) is 4.72. The molecule has 2 heterocycles. The minimum absolute atomic E-state index is 0.0113. The summed E-state index contributed by atoms with van der Waals surface area (Å²) in [6.45, 7) is 7.94. The minimum Gasteiger partial charge on any atom is -0.597 e. The lowest BCUT2D eigenvalue weighted by atomic mass is 10.0. The molecule has 0 saturated carbocycles. The SMILES string of the molecule is CC(C)(C)[S@+]([O-])N1CCCC1c1cc(F)ccc1OC1CCOC1. The van der Waals surface area contributed by atoms with Gasteiger partial charge in [-0.15, -0.1) is 4.31 Å². The number of nitrogens with zero attached hydrogens (tertiary/aromatic N) is 1. The van der Waals surface area contributed by atoms with Crippen LogP contribution in [0.25, 0.3) is 0 Å². The first kappa shape index (κ1) is 18.0. The molecule has 0 aliphatic carbocycles. The highest BCUT2D eigenvalue weighted by atomic mass is 32.2. The monoisotopic (exact) mass is 355 g/mol. The second-order valence-corrected chi connectivity index (χ2v) is 9.64. The van der Waals surface area contributed by atoms with Gasteiger partial charge in [-0.1, -0.05) is 0 Å². The van der Waals surface area contributed by atoms with E-state index in [1.54, 1.807) is 6.07 Å². The molecule has 134 valence electrons. The molecule has 0 bridgehead atoms. The van der Waals surface area contributed by atoms with Crippen LogP contribution in [0.2, 0.25) is 0 Å². The lowest BCUT2D eigenvalue weighted by Crippen LogP contribution is -2.42. The van der Waals surface area contributed by atoms with E-state index < -0.39 is 11.4 Å². The zero-order chi connectivity index (χ0) is 17.3. The fourth-order valence-electron chi connectivity index (χ4n) is 3.27. The number of halogens is 1. The smallest absolute Gasteiger partial charge is 0.137 e. The first-order chi connectivity index (χ1) is 11.4. The summed E-state index contributed by atoms with van der Waals surface area (Å²) >= 11 is -1.13. The van der Waals surface area contributed by atoms with Gasteiger partial charge >= 0.3 is 0 Å². The van der Waals surface area contributed by atoms with Crippen LogP contribution in [-0.4, -0.2) is 39.5 Å². The van der Waals surface area contributed by atoms with Gasteiger partial charge in [-0.05, 0) is 51.8 Å². The highest BCUT2D eigenvalue weighted by molar-refractivity contribution is 7.90. The molecule has 6 heteroatoms. The van der Waals surface area contributed by atoms with Crippen molar-refractivity contribution in [3.63, 3.8) is 0 Å². The van der Waals surface area contributed by atoms with Crippen LogP contribution in [0.3, 0.4) is 0 Å². The molecule has 2 fully saturated rings. The van der Waals surface area contributed by atoms with Crippen molar-refractivity contribution in [2.75, 3.05) is 19.8 Å². The number of benzene rings is 1. The molecule has 0 aromatic heterocycles. The van der Waals surface area contributed by atoms with Gasteiger partial charge in [-0.3, -0.25) is 0 Å². The van der Waals surface area contributed by atoms with E-state index in [2.05, 4.69) is 0 Å². The first-order valence-electron chi connectivity index (χ1n) is 8.59. The molecule has 3 rings (SSSR count). The third-order valence-corrected chi connectivity index (χ3v) is 6.36. The van der Waals surface area contributed by atoms with E-state index in [9.17, 15) is 8.94 Å². The second kappa shape index (κ2) is 7.20. The normalized spacial score (nSPS) is 26.7.